The average molecular weight is 498 g/mol. The summed E-state index contributed by atoms with van der Waals surface area (Å²) in [6, 6.07) is 15.6. The fourth-order valence-electron chi connectivity index (χ4n) is 5.11. The molecule has 0 saturated carbocycles. The van der Waals surface area contributed by atoms with Gasteiger partial charge in [0.15, 0.2) is 0 Å². The molecule has 7 nitrogen and oxygen atoms in total. The van der Waals surface area contributed by atoms with E-state index in [0.717, 1.165) is 42.6 Å². The summed E-state index contributed by atoms with van der Waals surface area (Å²) >= 11 is 0. The van der Waals surface area contributed by atoms with Crippen LogP contribution in [0.3, 0.4) is 0 Å². The molecule has 2 aromatic carbocycles. The van der Waals surface area contributed by atoms with Crippen LogP contribution in [0.25, 0.3) is 0 Å². The summed E-state index contributed by atoms with van der Waals surface area (Å²) in [5.74, 6) is 1.32. The van der Waals surface area contributed by atoms with E-state index in [0.29, 0.717) is 38.4 Å². The number of urea groups is 1. The summed E-state index contributed by atoms with van der Waals surface area (Å²) in [5, 5.41) is 18.6. The molecule has 3 unspecified atom stereocenters. The minimum atomic E-state index is -1.14. The van der Waals surface area contributed by atoms with Crippen LogP contribution in [0.4, 0.5) is 4.79 Å². The summed E-state index contributed by atoms with van der Waals surface area (Å²) in [6.07, 6.45) is 3.93. The maximum Gasteiger partial charge on any atom is 0.317 e. The Hall–Kier alpha value is -2.61. The maximum atomic E-state index is 13.0. The van der Waals surface area contributed by atoms with Crippen LogP contribution >= 0.6 is 0 Å². The summed E-state index contributed by atoms with van der Waals surface area (Å²) in [4.78, 5) is 14.9. The zero-order valence-electron chi connectivity index (χ0n) is 22.3. The molecule has 3 atom stereocenters. The summed E-state index contributed by atoms with van der Waals surface area (Å²) in [6.45, 7) is 6.55. The Bertz CT molecular complexity index is 969. The molecule has 1 saturated heterocycles. The van der Waals surface area contributed by atoms with Gasteiger partial charge in [-0.25, -0.2) is 4.79 Å². The number of carbonyl (C=O) groups is 1. The molecule has 0 radical (unpaired) electrons. The van der Waals surface area contributed by atoms with Crippen LogP contribution in [0.1, 0.15) is 50.2 Å². The second kappa shape index (κ2) is 13.6. The zero-order chi connectivity index (χ0) is 26.0. The number of nitrogens with one attached hydrogen (secondary N) is 2. The van der Waals surface area contributed by atoms with Gasteiger partial charge in [-0.2, -0.15) is 0 Å². The van der Waals surface area contributed by atoms with Crippen molar-refractivity contribution in [3.63, 3.8) is 0 Å². The number of methoxy groups -OCH3 is 1. The predicted molar refractivity (Wildman–Crippen MR) is 144 cm³/mol. The number of aliphatic hydroxyl groups is 1. The van der Waals surface area contributed by atoms with Gasteiger partial charge in [0.2, 0.25) is 0 Å². The van der Waals surface area contributed by atoms with Crippen molar-refractivity contribution in [2.24, 2.45) is 5.92 Å². The quantitative estimate of drug-likeness (QED) is 0.366. The first-order valence-corrected chi connectivity index (χ1v) is 13.1. The normalized spacial score (nSPS) is 18.4. The van der Waals surface area contributed by atoms with Gasteiger partial charge in [-0.3, -0.25) is 0 Å². The van der Waals surface area contributed by atoms with Crippen LogP contribution in [0.5, 0.6) is 11.5 Å². The van der Waals surface area contributed by atoms with Crippen molar-refractivity contribution < 1.29 is 19.4 Å². The number of piperidine rings is 1. The van der Waals surface area contributed by atoms with Crippen molar-refractivity contribution >= 4 is 6.03 Å². The predicted octanol–water partition coefficient (Wildman–Crippen LogP) is 4.82. The number of hydrogen-bond acceptors (Lipinski definition) is 5. The number of benzene rings is 2. The minimum Gasteiger partial charge on any atom is -0.457 e. The second-order valence-electron chi connectivity index (χ2n) is 9.93. The number of aryl methyl sites for hydroxylation is 1. The lowest BCUT2D eigenvalue weighted by atomic mass is 9.73. The van der Waals surface area contributed by atoms with Crippen LogP contribution in [0.2, 0.25) is 0 Å². The number of likely N-dealkylation sites (N-methyl/N-ethyl adjacent to an activating group) is 1. The fourth-order valence-corrected chi connectivity index (χ4v) is 5.11. The van der Waals surface area contributed by atoms with Crippen molar-refractivity contribution in [1.29, 1.82) is 0 Å². The van der Waals surface area contributed by atoms with Crippen molar-refractivity contribution in [3.05, 3.63) is 59.7 Å². The van der Waals surface area contributed by atoms with Gasteiger partial charge in [-0.15, -0.1) is 0 Å². The molecule has 3 rings (SSSR count). The van der Waals surface area contributed by atoms with E-state index in [1.54, 1.807) is 7.11 Å². The molecular formula is C29H43N3O4. The average Bonchev–Trinajstić information content (AvgIpc) is 2.88. The molecule has 1 aliphatic rings. The van der Waals surface area contributed by atoms with Crippen molar-refractivity contribution in [1.82, 2.24) is 15.5 Å². The Labute approximate surface area is 216 Å². The molecule has 0 bridgehead atoms. The number of carbonyl (C=O) groups excluding carboxylic acids is 1. The van der Waals surface area contributed by atoms with Crippen molar-refractivity contribution in [3.8, 4) is 11.5 Å². The largest absolute Gasteiger partial charge is 0.457 e. The molecule has 3 N–H and O–H groups in total. The van der Waals surface area contributed by atoms with Crippen LogP contribution in [0, 0.1) is 12.8 Å². The molecule has 36 heavy (non-hydrogen) atoms. The third kappa shape index (κ3) is 7.21. The highest BCUT2D eigenvalue weighted by Crippen LogP contribution is 2.44. The van der Waals surface area contributed by atoms with E-state index in [4.69, 9.17) is 9.47 Å². The molecular weight excluding hydrogens is 454 g/mol. The first-order chi connectivity index (χ1) is 17.4. The summed E-state index contributed by atoms with van der Waals surface area (Å²) < 4.78 is 11.6. The number of rotatable bonds is 12. The standard InChI is InChI=1S/C29H43N3O4/c1-22-12-5-7-15-26(22)36-27-16-8-6-14-25(27)29(34,17-9-10-19-35-4)24-13-11-18-32(21-24)28(33)31-23(2)20-30-3/h5-8,12,14-16,23-24,30,34H,9-11,13,17-21H2,1-4H3,(H,31,33). The Morgan fingerprint density at radius 3 is 2.61 bits per heavy atom. The fraction of sp³-hybridized carbons (Fsp3) is 0.552. The molecule has 0 spiro atoms. The number of nitrogens with zero attached hydrogens (tertiary/aromatic N) is 1. The van der Waals surface area contributed by atoms with Crippen LogP contribution in [-0.2, 0) is 10.3 Å². The van der Waals surface area contributed by atoms with E-state index in [-0.39, 0.29) is 18.0 Å². The van der Waals surface area contributed by atoms with E-state index in [1.807, 2.05) is 74.3 Å². The first kappa shape index (κ1) is 28.0. The second-order valence-corrected chi connectivity index (χ2v) is 9.93. The molecule has 7 heteroatoms. The van der Waals surface area contributed by atoms with Gasteiger partial charge in [-0.1, -0.05) is 36.4 Å². The van der Waals surface area contributed by atoms with Gasteiger partial charge in [-0.05, 0) is 70.7 Å². The number of para-hydroxylation sites is 2. The van der Waals surface area contributed by atoms with E-state index >= 15 is 0 Å². The van der Waals surface area contributed by atoms with E-state index in [1.165, 1.54) is 0 Å². The number of hydrogen-bond donors (Lipinski definition) is 3. The van der Waals surface area contributed by atoms with Gasteiger partial charge in [0.05, 0.1) is 5.60 Å². The molecule has 1 fully saturated rings. The van der Waals surface area contributed by atoms with Crippen molar-refractivity contribution in [2.45, 2.75) is 57.6 Å². The summed E-state index contributed by atoms with van der Waals surface area (Å²) in [5.41, 5.74) is 0.677. The maximum absolute atomic E-state index is 13.0. The molecule has 2 amide bonds. The van der Waals surface area contributed by atoms with Gasteiger partial charge in [0.1, 0.15) is 11.5 Å². The molecule has 198 valence electrons. The monoisotopic (exact) mass is 497 g/mol. The Kier molecular flexibility index (Phi) is 10.6. The minimum absolute atomic E-state index is 0.0269. The van der Waals surface area contributed by atoms with E-state index < -0.39 is 5.60 Å². The number of unbranched alkanes of at least 4 members (excludes halogenated alkanes) is 1. The van der Waals surface area contributed by atoms with Crippen molar-refractivity contribution in [2.75, 3.05) is 40.4 Å². The number of ether oxygens (including phenoxy) is 2. The van der Waals surface area contributed by atoms with Gasteiger partial charge >= 0.3 is 6.03 Å². The number of amides is 2. The SMILES string of the molecule is CNCC(C)NC(=O)N1CCCC(C(O)(CCCCOC)c2ccccc2Oc2ccccc2C)C1. The van der Waals surface area contributed by atoms with E-state index in [9.17, 15) is 9.90 Å². The topological polar surface area (TPSA) is 83.1 Å². The first-order valence-electron chi connectivity index (χ1n) is 13.1. The zero-order valence-corrected chi connectivity index (χ0v) is 22.3. The summed E-state index contributed by atoms with van der Waals surface area (Å²) in [7, 11) is 3.57. The Morgan fingerprint density at radius 1 is 1.17 bits per heavy atom. The van der Waals surface area contributed by atoms with E-state index in [2.05, 4.69) is 10.6 Å². The third-order valence-corrected chi connectivity index (χ3v) is 7.09. The Balaban J connectivity index is 1.89. The number of likely N-dealkylation sites (tertiary alicyclic amines) is 1. The van der Waals surface area contributed by atoms with Crippen LogP contribution in [0.15, 0.2) is 48.5 Å². The third-order valence-electron chi connectivity index (χ3n) is 7.09. The lowest BCUT2D eigenvalue weighted by Gasteiger charge is -2.43. The van der Waals surface area contributed by atoms with Gasteiger partial charge in [0.25, 0.3) is 0 Å². The molecule has 0 aromatic heterocycles. The Morgan fingerprint density at radius 2 is 1.89 bits per heavy atom. The molecule has 0 aliphatic carbocycles. The lowest BCUT2D eigenvalue weighted by molar-refractivity contribution is -0.0574. The van der Waals surface area contributed by atoms with Crippen LogP contribution < -0.4 is 15.4 Å². The molecule has 2 aromatic rings. The van der Waals surface area contributed by atoms with Crippen LogP contribution in [-0.4, -0.2) is 62.5 Å². The highest BCUT2D eigenvalue weighted by molar-refractivity contribution is 5.74. The highest BCUT2D eigenvalue weighted by Gasteiger charge is 2.43. The smallest absolute Gasteiger partial charge is 0.317 e. The lowest BCUT2D eigenvalue weighted by Crippen LogP contribution is -2.53. The molecule has 1 heterocycles. The van der Waals surface area contributed by atoms with Gasteiger partial charge in [0, 0.05) is 50.9 Å². The highest BCUT2D eigenvalue weighted by atomic mass is 16.5. The van der Waals surface area contributed by atoms with Gasteiger partial charge < -0.3 is 30.1 Å². The molecule has 1 aliphatic heterocycles.